The summed E-state index contributed by atoms with van der Waals surface area (Å²) in [4.78, 5) is 23.3. The maximum atomic E-state index is 13.0. The van der Waals surface area contributed by atoms with Crippen molar-refractivity contribution in [3.05, 3.63) is 48.6 Å². The molecule has 0 aromatic heterocycles. The van der Waals surface area contributed by atoms with Crippen molar-refractivity contribution < 1.29 is 32.9 Å². The third-order valence-electron chi connectivity index (χ3n) is 13.8. The highest BCUT2D eigenvalue weighted by molar-refractivity contribution is 7.47. The minimum atomic E-state index is -4.32. The van der Waals surface area contributed by atoms with Gasteiger partial charge in [-0.2, -0.15) is 0 Å². The van der Waals surface area contributed by atoms with Gasteiger partial charge in [0.2, 0.25) is 5.91 Å². The van der Waals surface area contributed by atoms with Crippen LogP contribution in [0.1, 0.15) is 290 Å². The Labute approximate surface area is 441 Å². The lowest BCUT2D eigenvalue weighted by Gasteiger charge is -2.26. The third-order valence-corrected chi connectivity index (χ3v) is 14.8. The van der Waals surface area contributed by atoms with Gasteiger partial charge in [-0.15, -0.1) is 0 Å². The highest BCUT2D eigenvalue weighted by atomic mass is 31.2. The van der Waals surface area contributed by atoms with Gasteiger partial charge in [-0.3, -0.25) is 13.8 Å². The van der Waals surface area contributed by atoms with Gasteiger partial charge in [-0.25, -0.2) is 4.57 Å². The quantitative estimate of drug-likeness (QED) is 0.0243. The average Bonchev–Trinajstić information content (AvgIpc) is 3.33. The largest absolute Gasteiger partial charge is 0.472 e. The number of quaternary nitrogens is 1. The van der Waals surface area contributed by atoms with Gasteiger partial charge in [0.15, 0.2) is 0 Å². The number of hydrogen-bond acceptors (Lipinski definition) is 5. The summed E-state index contributed by atoms with van der Waals surface area (Å²) in [6.45, 7) is 4.81. The van der Waals surface area contributed by atoms with Gasteiger partial charge < -0.3 is 19.8 Å². The van der Waals surface area contributed by atoms with Crippen LogP contribution in [0, 0.1) is 0 Å². The molecule has 0 aliphatic heterocycles. The predicted octanol–water partition coefficient (Wildman–Crippen LogP) is 18.7. The standard InChI is InChI=1S/C62H119N2O6P/c1-6-8-10-12-14-16-18-20-22-24-25-26-27-28-29-30-31-32-33-34-35-36-37-38-39-40-42-44-46-48-50-52-54-56-62(66)63-60(59-70-71(67,68)69-58-57-64(3,4)5)61(65)55-53-51-49-47-45-43-41-23-21-19-17-15-13-11-9-7-2/h8,10,14,16,20,22,25-26,60-61,65H,6-7,9,11-13,15,17-19,21,23-24,27-59H2,1-5H3,(H-,63,66,67,68)/p+1/b10-8-,16-14-,22-20-,26-25-. The van der Waals surface area contributed by atoms with E-state index < -0.39 is 20.0 Å². The zero-order valence-corrected chi connectivity index (χ0v) is 48.6. The van der Waals surface area contributed by atoms with E-state index in [-0.39, 0.29) is 19.1 Å². The fourth-order valence-electron chi connectivity index (χ4n) is 9.10. The van der Waals surface area contributed by atoms with E-state index in [1.165, 1.54) is 199 Å². The number of phosphoric ester groups is 1. The number of likely N-dealkylation sites (N-methyl/N-ethyl adjacent to an activating group) is 1. The second kappa shape index (κ2) is 53.3. The molecule has 1 amide bonds. The first-order valence-corrected chi connectivity index (χ1v) is 32.0. The lowest BCUT2D eigenvalue weighted by atomic mass is 10.0. The van der Waals surface area contributed by atoms with E-state index in [1.807, 2.05) is 21.1 Å². The molecule has 0 spiro atoms. The van der Waals surface area contributed by atoms with E-state index in [9.17, 15) is 19.4 Å². The van der Waals surface area contributed by atoms with Crippen LogP contribution in [0.2, 0.25) is 0 Å². The summed E-state index contributed by atoms with van der Waals surface area (Å²) in [5.41, 5.74) is 0. The number of allylic oxidation sites excluding steroid dienone is 8. The second-order valence-electron chi connectivity index (χ2n) is 22.1. The van der Waals surface area contributed by atoms with Crippen LogP contribution in [0.15, 0.2) is 48.6 Å². The molecule has 0 heterocycles. The monoisotopic (exact) mass is 1020 g/mol. The molecule has 0 fully saturated rings. The summed E-state index contributed by atoms with van der Waals surface area (Å²) in [6, 6.07) is -0.759. The van der Waals surface area contributed by atoms with Gasteiger partial charge in [-0.05, 0) is 51.4 Å². The molecule has 0 aliphatic carbocycles. The Balaban J connectivity index is 4.00. The second-order valence-corrected chi connectivity index (χ2v) is 23.5. The molecule has 3 unspecified atom stereocenters. The van der Waals surface area contributed by atoms with Gasteiger partial charge in [0.1, 0.15) is 13.2 Å². The van der Waals surface area contributed by atoms with Crippen LogP contribution in [0.4, 0.5) is 0 Å². The van der Waals surface area contributed by atoms with E-state index in [1.54, 1.807) is 0 Å². The molecule has 8 nitrogen and oxygen atoms in total. The van der Waals surface area contributed by atoms with E-state index in [2.05, 4.69) is 67.8 Å². The maximum Gasteiger partial charge on any atom is 0.472 e. The van der Waals surface area contributed by atoms with Crippen LogP contribution in [0.5, 0.6) is 0 Å². The molecule has 0 rings (SSSR count). The number of amides is 1. The van der Waals surface area contributed by atoms with E-state index in [0.717, 1.165) is 64.2 Å². The topological polar surface area (TPSA) is 105 Å². The van der Waals surface area contributed by atoms with Crippen molar-refractivity contribution in [3.8, 4) is 0 Å². The molecule has 418 valence electrons. The minimum Gasteiger partial charge on any atom is -0.391 e. The van der Waals surface area contributed by atoms with Crippen molar-refractivity contribution in [2.24, 2.45) is 0 Å². The molecular weight excluding hydrogens is 900 g/mol. The Morgan fingerprint density at radius 2 is 0.845 bits per heavy atom. The summed E-state index contributed by atoms with van der Waals surface area (Å²) in [6.07, 6.45) is 70.4. The van der Waals surface area contributed by atoms with Gasteiger partial charge >= 0.3 is 7.82 Å². The van der Waals surface area contributed by atoms with Crippen LogP contribution in [-0.4, -0.2) is 73.4 Å². The molecule has 0 aromatic carbocycles. The third kappa shape index (κ3) is 56.0. The number of nitrogens with zero attached hydrogens (tertiary/aromatic N) is 1. The SMILES string of the molecule is CC/C=C\C/C=C\C/C=C\C/C=C\CCCCCCCCCCCCCCCCCCCCCCC(=O)NC(COP(=O)(O)OCC[N+](C)(C)C)C(O)CCCCCCCCCCCCCCCCCC. The lowest BCUT2D eigenvalue weighted by Crippen LogP contribution is -2.46. The van der Waals surface area contributed by atoms with Crippen LogP contribution in [-0.2, 0) is 18.4 Å². The first-order chi connectivity index (χ1) is 34.5. The predicted molar refractivity (Wildman–Crippen MR) is 309 cm³/mol. The Morgan fingerprint density at radius 3 is 1.24 bits per heavy atom. The minimum absolute atomic E-state index is 0.0760. The first kappa shape index (κ1) is 69.5. The zero-order chi connectivity index (χ0) is 52.0. The zero-order valence-electron chi connectivity index (χ0n) is 47.7. The van der Waals surface area contributed by atoms with Gasteiger partial charge in [-0.1, -0.05) is 281 Å². The number of phosphoric acid groups is 1. The molecule has 0 saturated carbocycles. The number of aliphatic hydroxyl groups is 1. The Hall–Kier alpha value is -1.54. The molecule has 0 aliphatic rings. The first-order valence-electron chi connectivity index (χ1n) is 30.5. The fraction of sp³-hybridized carbons (Fsp3) is 0.855. The van der Waals surface area contributed by atoms with Gasteiger partial charge in [0.25, 0.3) is 0 Å². The number of aliphatic hydroxyl groups excluding tert-OH is 1. The number of carbonyl (C=O) groups is 1. The molecule has 3 N–H and O–H groups in total. The summed E-state index contributed by atoms with van der Waals surface area (Å²) in [5, 5.41) is 14.1. The average molecular weight is 1020 g/mol. The van der Waals surface area contributed by atoms with Crippen LogP contribution in [0.25, 0.3) is 0 Å². The Bertz CT molecular complexity index is 1290. The summed E-state index contributed by atoms with van der Waals surface area (Å²) >= 11 is 0. The molecule has 0 aromatic rings. The smallest absolute Gasteiger partial charge is 0.391 e. The van der Waals surface area contributed by atoms with E-state index in [0.29, 0.717) is 23.9 Å². The van der Waals surface area contributed by atoms with Gasteiger partial charge in [0.05, 0.1) is 39.9 Å². The molecule has 0 radical (unpaired) electrons. The number of carbonyl (C=O) groups excluding carboxylic acids is 1. The van der Waals surface area contributed by atoms with Crippen molar-refractivity contribution >= 4 is 13.7 Å². The maximum absolute atomic E-state index is 13.0. The van der Waals surface area contributed by atoms with E-state index in [4.69, 9.17) is 9.05 Å². The van der Waals surface area contributed by atoms with Crippen molar-refractivity contribution in [3.63, 3.8) is 0 Å². The van der Waals surface area contributed by atoms with Crippen molar-refractivity contribution in [2.45, 2.75) is 302 Å². The summed E-state index contributed by atoms with van der Waals surface area (Å²) in [5.74, 6) is -0.140. The molecule has 9 heteroatoms. The van der Waals surface area contributed by atoms with Crippen LogP contribution < -0.4 is 5.32 Å². The lowest BCUT2D eigenvalue weighted by molar-refractivity contribution is -0.870. The Morgan fingerprint density at radius 1 is 0.493 bits per heavy atom. The highest BCUT2D eigenvalue weighted by Gasteiger charge is 2.28. The number of unbranched alkanes of at least 4 members (excludes halogenated alkanes) is 35. The van der Waals surface area contributed by atoms with Crippen molar-refractivity contribution in [1.29, 1.82) is 0 Å². The number of nitrogens with one attached hydrogen (secondary N) is 1. The molecular formula is C62H120N2O6P+. The molecule has 71 heavy (non-hydrogen) atoms. The number of rotatable bonds is 56. The van der Waals surface area contributed by atoms with Crippen LogP contribution >= 0.6 is 7.82 Å². The Kier molecular flexibility index (Phi) is 52.1. The summed E-state index contributed by atoms with van der Waals surface area (Å²) < 4.78 is 23.8. The number of hydrogen-bond donors (Lipinski definition) is 3. The van der Waals surface area contributed by atoms with Crippen molar-refractivity contribution in [2.75, 3.05) is 40.9 Å². The molecule has 3 atom stereocenters. The normalized spacial score (nSPS) is 14.2. The molecule has 0 bridgehead atoms. The van der Waals surface area contributed by atoms with E-state index >= 15 is 0 Å². The molecule has 0 saturated heterocycles. The fourth-order valence-corrected chi connectivity index (χ4v) is 9.84. The highest BCUT2D eigenvalue weighted by Crippen LogP contribution is 2.43. The summed E-state index contributed by atoms with van der Waals surface area (Å²) in [7, 11) is 1.63. The van der Waals surface area contributed by atoms with Crippen molar-refractivity contribution in [1.82, 2.24) is 5.32 Å². The van der Waals surface area contributed by atoms with Crippen LogP contribution in [0.3, 0.4) is 0 Å². The van der Waals surface area contributed by atoms with Gasteiger partial charge in [0, 0.05) is 6.42 Å².